The van der Waals surface area contributed by atoms with Crippen molar-refractivity contribution in [3.8, 4) is 5.75 Å². The summed E-state index contributed by atoms with van der Waals surface area (Å²) in [5, 5.41) is 3.80. The average Bonchev–Trinajstić information content (AvgIpc) is 2.74. The van der Waals surface area contributed by atoms with Gasteiger partial charge in [-0.1, -0.05) is 11.6 Å². The highest BCUT2D eigenvalue weighted by Gasteiger charge is 2.17. The van der Waals surface area contributed by atoms with Gasteiger partial charge in [0.15, 0.2) is 11.6 Å². The molecule has 0 bridgehead atoms. The lowest BCUT2D eigenvalue weighted by molar-refractivity contribution is 0.417. The first-order chi connectivity index (χ1) is 14.7. The summed E-state index contributed by atoms with van der Waals surface area (Å²) < 4.78 is 47.7. The van der Waals surface area contributed by atoms with E-state index in [2.05, 4.69) is 24.7 Å². The van der Waals surface area contributed by atoms with Gasteiger partial charge in [0.05, 0.1) is 24.7 Å². The Morgan fingerprint density at radius 1 is 1.16 bits per heavy atom. The Balaban J connectivity index is 1.89. The van der Waals surface area contributed by atoms with Crippen molar-refractivity contribution in [1.29, 1.82) is 0 Å². The van der Waals surface area contributed by atoms with Crippen LogP contribution >= 0.6 is 11.6 Å². The smallest absolute Gasteiger partial charge is 0.300 e. The normalized spacial score (nSPS) is 11.3. The second-order valence-electron chi connectivity index (χ2n) is 6.56. The van der Waals surface area contributed by atoms with Crippen molar-refractivity contribution >= 4 is 39.0 Å². The number of methoxy groups -OCH3 is 1. The molecule has 164 valence electrons. The van der Waals surface area contributed by atoms with Crippen molar-refractivity contribution in [3.63, 3.8) is 0 Å². The SMILES string of the molecule is CNS(=O)(=O)Nc1nccc(Cc2cncc(Nc3ccc(Cl)cc3OC)c2C)c1F. The molecule has 0 radical (unpaired) electrons. The number of hydrogen-bond acceptors (Lipinski definition) is 6. The lowest BCUT2D eigenvalue weighted by atomic mass is 10.0. The van der Waals surface area contributed by atoms with E-state index in [1.165, 1.54) is 19.3 Å². The molecule has 3 aromatic rings. The van der Waals surface area contributed by atoms with E-state index in [9.17, 15) is 12.8 Å². The predicted octanol–water partition coefficient (Wildman–Crippen LogP) is 3.80. The van der Waals surface area contributed by atoms with Crippen molar-refractivity contribution < 1.29 is 17.5 Å². The topological polar surface area (TPSA) is 105 Å². The van der Waals surface area contributed by atoms with E-state index in [4.69, 9.17) is 16.3 Å². The first-order valence-electron chi connectivity index (χ1n) is 9.12. The molecule has 0 fully saturated rings. The molecule has 0 spiro atoms. The molecular weight excluding hydrogens is 445 g/mol. The molecule has 1 aromatic carbocycles. The minimum absolute atomic E-state index is 0.189. The minimum atomic E-state index is -3.89. The quantitative estimate of drug-likeness (QED) is 0.467. The van der Waals surface area contributed by atoms with E-state index in [-0.39, 0.29) is 17.8 Å². The van der Waals surface area contributed by atoms with E-state index >= 15 is 0 Å². The van der Waals surface area contributed by atoms with Gasteiger partial charge >= 0.3 is 0 Å². The fourth-order valence-electron chi connectivity index (χ4n) is 2.86. The van der Waals surface area contributed by atoms with Gasteiger partial charge in [-0.05, 0) is 41.8 Å². The fourth-order valence-corrected chi connectivity index (χ4v) is 3.52. The highest BCUT2D eigenvalue weighted by Crippen LogP contribution is 2.32. The third kappa shape index (κ3) is 5.40. The second-order valence-corrected chi connectivity index (χ2v) is 8.62. The number of hydrogen-bond donors (Lipinski definition) is 3. The van der Waals surface area contributed by atoms with Gasteiger partial charge in [0.25, 0.3) is 10.2 Å². The predicted molar refractivity (Wildman–Crippen MR) is 119 cm³/mol. The number of pyridine rings is 2. The third-order valence-corrected chi connectivity index (χ3v) is 5.84. The summed E-state index contributed by atoms with van der Waals surface area (Å²) >= 11 is 6.01. The van der Waals surface area contributed by atoms with Crippen LogP contribution in [0, 0.1) is 12.7 Å². The van der Waals surface area contributed by atoms with Gasteiger partial charge in [0, 0.05) is 37.0 Å². The van der Waals surface area contributed by atoms with Crippen LogP contribution in [0.2, 0.25) is 5.02 Å². The molecule has 3 N–H and O–H groups in total. The molecule has 11 heteroatoms. The Morgan fingerprint density at radius 3 is 2.65 bits per heavy atom. The largest absolute Gasteiger partial charge is 0.495 e. The number of rotatable bonds is 8. The van der Waals surface area contributed by atoms with E-state index in [0.29, 0.717) is 22.1 Å². The zero-order chi connectivity index (χ0) is 22.6. The van der Waals surface area contributed by atoms with Gasteiger partial charge in [-0.2, -0.15) is 8.42 Å². The van der Waals surface area contributed by atoms with Gasteiger partial charge in [0.1, 0.15) is 5.75 Å². The van der Waals surface area contributed by atoms with Crippen LogP contribution in [0.15, 0.2) is 42.9 Å². The van der Waals surface area contributed by atoms with Crippen molar-refractivity contribution in [2.75, 3.05) is 24.2 Å². The average molecular weight is 466 g/mol. The van der Waals surface area contributed by atoms with Crippen LogP contribution in [0.5, 0.6) is 5.75 Å². The number of ether oxygens (including phenoxy) is 1. The lowest BCUT2D eigenvalue weighted by Gasteiger charge is -2.16. The maximum atomic E-state index is 14.9. The van der Waals surface area contributed by atoms with Crippen molar-refractivity contribution in [1.82, 2.24) is 14.7 Å². The van der Waals surface area contributed by atoms with Gasteiger partial charge in [-0.15, -0.1) is 0 Å². The van der Waals surface area contributed by atoms with Crippen LogP contribution in [0.25, 0.3) is 0 Å². The molecule has 0 atom stereocenters. The highest BCUT2D eigenvalue weighted by molar-refractivity contribution is 7.90. The maximum Gasteiger partial charge on any atom is 0.300 e. The van der Waals surface area contributed by atoms with Crippen LogP contribution in [-0.4, -0.2) is 32.5 Å². The Hall–Kier alpha value is -2.95. The van der Waals surface area contributed by atoms with Crippen molar-refractivity contribution in [2.45, 2.75) is 13.3 Å². The number of benzene rings is 1. The van der Waals surface area contributed by atoms with Gasteiger partial charge in [-0.3, -0.25) is 9.71 Å². The molecule has 0 aliphatic carbocycles. The van der Waals surface area contributed by atoms with Crippen LogP contribution in [0.4, 0.5) is 21.6 Å². The van der Waals surface area contributed by atoms with E-state index in [0.717, 1.165) is 11.1 Å². The van der Waals surface area contributed by atoms with Crippen LogP contribution in [0.3, 0.4) is 0 Å². The van der Waals surface area contributed by atoms with Gasteiger partial charge in [0.2, 0.25) is 0 Å². The summed E-state index contributed by atoms with van der Waals surface area (Å²) in [5.41, 5.74) is 3.29. The van der Waals surface area contributed by atoms with E-state index < -0.39 is 16.0 Å². The maximum absolute atomic E-state index is 14.9. The molecule has 0 unspecified atom stereocenters. The summed E-state index contributed by atoms with van der Waals surface area (Å²) in [6, 6.07) is 6.71. The summed E-state index contributed by atoms with van der Waals surface area (Å²) in [7, 11) is -1.13. The number of anilines is 3. The highest BCUT2D eigenvalue weighted by atomic mass is 35.5. The van der Waals surface area contributed by atoms with E-state index in [1.807, 2.05) is 6.92 Å². The minimum Gasteiger partial charge on any atom is -0.495 e. The molecule has 0 amide bonds. The van der Waals surface area contributed by atoms with Crippen LogP contribution in [0.1, 0.15) is 16.7 Å². The molecule has 31 heavy (non-hydrogen) atoms. The van der Waals surface area contributed by atoms with Crippen molar-refractivity contribution in [3.05, 3.63) is 70.4 Å². The Kier molecular flexibility index (Phi) is 6.94. The molecule has 0 aliphatic heterocycles. The first kappa shape index (κ1) is 22.7. The molecule has 8 nitrogen and oxygen atoms in total. The summed E-state index contributed by atoms with van der Waals surface area (Å²) in [6.45, 7) is 1.88. The summed E-state index contributed by atoms with van der Waals surface area (Å²) in [6.07, 6.45) is 4.82. The molecule has 0 saturated heterocycles. The molecule has 0 saturated carbocycles. The number of nitrogens with one attached hydrogen (secondary N) is 3. The Morgan fingerprint density at radius 2 is 1.94 bits per heavy atom. The van der Waals surface area contributed by atoms with Gasteiger partial charge < -0.3 is 10.1 Å². The molecular formula is C20H21ClFN5O3S. The molecule has 3 rings (SSSR count). The number of halogens is 2. The number of nitrogens with zero attached hydrogens (tertiary/aromatic N) is 2. The summed E-state index contributed by atoms with van der Waals surface area (Å²) in [4.78, 5) is 8.02. The standard InChI is InChI=1S/C20H21ClFN5O3S/c1-12-14(8-13-6-7-25-20(19(13)22)27-31(28,29)23-2)10-24-11-17(12)26-16-5-4-15(21)9-18(16)30-3/h4-7,9-11,23,26H,8H2,1-3H3,(H,25,27). The van der Waals surface area contributed by atoms with Crippen molar-refractivity contribution in [2.24, 2.45) is 0 Å². The first-order valence-corrected chi connectivity index (χ1v) is 11.0. The fraction of sp³-hybridized carbons (Fsp3) is 0.200. The van der Waals surface area contributed by atoms with Crippen LogP contribution < -0.4 is 19.5 Å². The monoisotopic (exact) mass is 465 g/mol. The van der Waals surface area contributed by atoms with Gasteiger partial charge in [-0.25, -0.2) is 14.1 Å². The molecule has 2 aromatic heterocycles. The third-order valence-electron chi connectivity index (χ3n) is 4.60. The zero-order valence-corrected chi connectivity index (χ0v) is 18.6. The number of aromatic nitrogens is 2. The Bertz CT molecular complexity index is 1210. The zero-order valence-electron chi connectivity index (χ0n) is 17.0. The second kappa shape index (κ2) is 9.46. The molecule has 2 heterocycles. The molecule has 0 aliphatic rings. The Labute approximate surface area is 185 Å². The van der Waals surface area contributed by atoms with E-state index in [1.54, 1.807) is 37.7 Å². The lowest BCUT2D eigenvalue weighted by Crippen LogP contribution is -2.27. The summed E-state index contributed by atoms with van der Waals surface area (Å²) in [5.74, 6) is -0.560. The van der Waals surface area contributed by atoms with Crippen LogP contribution in [-0.2, 0) is 16.6 Å².